The molecule has 1 amide bonds. The Morgan fingerprint density at radius 3 is 2.16 bits per heavy atom. The summed E-state index contributed by atoms with van der Waals surface area (Å²) in [4.78, 5) is 13.1. The maximum absolute atomic E-state index is 13.1. The quantitative estimate of drug-likeness (QED) is 0.781. The highest BCUT2D eigenvalue weighted by atomic mass is 16.2. The first-order valence-electron chi connectivity index (χ1n) is 10.5. The van der Waals surface area contributed by atoms with Gasteiger partial charge in [-0.15, -0.1) is 0 Å². The zero-order valence-electron chi connectivity index (χ0n) is 15.5. The van der Waals surface area contributed by atoms with Crippen molar-refractivity contribution in [1.29, 1.82) is 0 Å². The number of hydrogen-bond acceptors (Lipinski definition) is 1. The van der Waals surface area contributed by atoms with Gasteiger partial charge in [-0.2, -0.15) is 0 Å². The predicted molar refractivity (Wildman–Crippen MR) is 101 cm³/mol. The summed E-state index contributed by atoms with van der Waals surface area (Å²) in [6.07, 6.45) is 12.1. The number of carbonyl (C=O) groups is 1. The summed E-state index contributed by atoms with van der Waals surface area (Å²) in [5, 5.41) is 3.66. The van der Waals surface area contributed by atoms with E-state index in [4.69, 9.17) is 0 Å². The lowest BCUT2D eigenvalue weighted by atomic mass is 9.55. The molecule has 6 rings (SSSR count). The predicted octanol–water partition coefficient (Wildman–Crippen LogP) is 5.29. The van der Waals surface area contributed by atoms with Gasteiger partial charge in [0.25, 0.3) is 0 Å². The van der Waals surface area contributed by atoms with Gasteiger partial charge in [0.15, 0.2) is 0 Å². The van der Waals surface area contributed by atoms with Crippen LogP contribution in [0.5, 0.6) is 0 Å². The molecule has 0 heterocycles. The number of carbonyl (C=O) groups excluding carboxylic acids is 1. The lowest BCUT2D eigenvalue weighted by Crippen LogP contribution is -2.58. The molecular formula is C23H31NO. The van der Waals surface area contributed by atoms with Crippen LogP contribution in [0.3, 0.4) is 0 Å². The van der Waals surface area contributed by atoms with Crippen molar-refractivity contribution in [2.24, 2.45) is 11.3 Å². The van der Waals surface area contributed by atoms with Crippen LogP contribution in [0.2, 0.25) is 0 Å². The normalized spacial score (nSPS) is 39.7. The van der Waals surface area contributed by atoms with Gasteiger partial charge in [0, 0.05) is 11.5 Å². The zero-order chi connectivity index (χ0) is 17.1. The van der Waals surface area contributed by atoms with Crippen molar-refractivity contribution in [3.8, 4) is 0 Å². The molecule has 3 saturated carbocycles. The number of nitrogens with one attached hydrogen (secondary N) is 1. The number of benzene rings is 1. The standard InChI is InChI=1S/C23H31NO/c1-22-11-17-13-23(15-22,24-21(25)16-7-3-2-4-8-16)14-18(12-22)20-10-6-5-9-19(17)20/h5-6,9-10,16-18H,2-4,7-8,11-15H2,1H3,(H,24,25). The van der Waals surface area contributed by atoms with Crippen LogP contribution >= 0.6 is 0 Å². The van der Waals surface area contributed by atoms with Crippen LogP contribution in [0, 0.1) is 11.3 Å². The molecule has 0 spiro atoms. The molecule has 134 valence electrons. The van der Waals surface area contributed by atoms with Gasteiger partial charge in [-0.05, 0) is 73.3 Å². The van der Waals surface area contributed by atoms with Gasteiger partial charge in [0.1, 0.15) is 0 Å². The van der Waals surface area contributed by atoms with Crippen LogP contribution in [0.25, 0.3) is 0 Å². The molecule has 5 aliphatic carbocycles. The van der Waals surface area contributed by atoms with Crippen LogP contribution in [0.15, 0.2) is 24.3 Å². The van der Waals surface area contributed by atoms with E-state index in [9.17, 15) is 4.79 Å². The fraction of sp³-hybridized carbons (Fsp3) is 0.696. The Morgan fingerprint density at radius 2 is 1.56 bits per heavy atom. The number of amides is 1. The lowest BCUT2D eigenvalue weighted by molar-refractivity contribution is -0.130. The summed E-state index contributed by atoms with van der Waals surface area (Å²) >= 11 is 0. The fourth-order valence-corrected chi connectivity index (χ4v) is 7.12. The first-order valence-corrected chi connectivity index (χ1v) is 10.5. The molecule has 25 heavy (non-hydrogen) atoms. The van der Waals surface area contributed by atoms with Crippen molar-refractivity contribution >= 4 is 5.91 Å². The van der Waals surface area contributed by atoms with Gasteiger partial charge in [-0.3, -0.25) is 4.79 Å². The Labute approximate surface area is 151 Å². The average molecular weight is 338 g/mol. The molecule has 2 nitrogen and oxygen atoms in total. The van der Waals surface area contributed by atoms with E-state index in [-0.39, 0.29) is 11.5 Å². The summed E-state index contributed by atoms with van der Waals surface area (Å²) in [7, 11) is 0. The van der Waals surface area contributed by atoms with Gasteiger partial charge in [0.05, 0.1) is 0 Å². The van der Waals surface area contributed by atoms with E-state index in [2.05, 4.69) is 36.5 Å². The van der Waals surface area contributed by atoms with Gasteiger partial charge in [-0.1, -0.05) is 50.5 Å². The smallest absolute Gasteiger partial charge is 0.223 e. The Morgan fingerprint density at radius 1 is 0.960 bits per heavy atom. The minimum Gasteiger partial charge on any atom is -0.350 e. The van der Waals surface area contributed by atoms with Crippen LogP contribution in [-0.4, -0.2) is 11.4 Å². The number of rotatable bonds is 2. The molecule has 0 aromatic heterocycles. The van der Waals surface area contributed by atoms with Crippen LogP contribution < -0.4 is 5.32 Å². The second kappa shape index (κ2) is 5.59. The molecule has 0 saturated heterocycles. The molecule has 1 N–H and O–H groups in total. The van der Waals surface area contributed by atoms with E-state index in [0.717, 1.165) is 25.7 Å². The van der Waals surface area contributed by atoms with Crippen molar-refractivity contribution in [2.75, 3.05) is 0 Å². The third kappa shape index (κ3) is 2.64. The molecule has 0 aliphatic heterocycles. The molecule has 4 bridgehead atoms. The molecule has 1 aromatic carbocycles. The topological polar surface area (TPSA) is 29.1 Å². The SMILES string of the molecule is CC12CC3CC(NC(=O)C4CCCCC4)(CC(C1)c1ccccc13)C2. The highest BCUT2D eigenvalue weighted by Gasteiger charge is 2.55. The van der Waals surface area contributed by atoms with E-state index in [1.165, 1.54) is 38.5 Å². The first-order chi connectivity index (χ1) is 12.1. The first kappa shape index (κ1) is 15.9. The summed E-state index contributed by atoms with van der Waals surface area (Å²) in [6.45, 7) is 2.48. The average Bonchev–Trinajstić information content (AvgIpc) is 2.74. The van der Waals surface area contributed by atoms with Crippen molar-refractivity contribution in [3.05, 3.63) is 35.4 Å². The highest BCUT2D eigenvalue weighted by molar-refractivity contribution is 5.79. The summed E-state index contributed by atoms with van der Waals surface area (Å²) in [5.41, 5.74) is 3.62. The second-order valence-corrected chi connectivity index (χ2v) is 9.93. The van der Waals surface area contributed by atoms with Crippen LogP contribution in [0.4, 0.5) is 0 Å². The fourth-order valence-electron chi connectivity index (χ4n) is 7.12. The molecular weight excluding hydrogens is 306 g/mol. The monoisotopic (exact) mass is 337 g/mol. The third-order valence-corrected chi connectivity index (χ3v) is 7.76. The minimum absolute atomic E-state index is 0.0497. The van der Waals surface area contributed by atoms with Crippen molar-refractivity contribution in [3.63, 3.8) is 0 Å². The Hall–Kier alpha value is -1.31. The van der Waals surface area contributed by atoms with E-state index in [0.29, 0.717) is 23.2 Å². The largest absolute Gasteiger partial charge is 0.350 e. The summed E-state index contributed by atoms with van der Waals surface area (Å²) in [6, 6.07) is 9.15. The third-order valence-electron chi connectivity index (χ3n) is 7.76. The van der Waals surface area contributed by atoms with Gasteiger partial charge in [-0.25, -0.2) is 0 Å². The van der Waals surface area contributed by atoms with Crippen LogP contribution in [0.1, 0.15) is 94.1 Å². The van der Waals surface area contributed by atoms with Gasteiger partial charge >= 0.3 is 0 Å². The molecule has 2 unspecified atom stereocenters. The Kier molecular flexibility index (Phi) is 3.56. The lowest BCUT2D eigenvalue weighted by Gasteiger charge is -2.54. The summed E-state index contributed by atoms with van der Waals surface area (Å²) in [5.74, 6) is 1.91. The van der Waals surface area contributed by atoms with Crippen molar-refractivity contribution in [1.82, 2.24) is 5.32 Å². The van der Waals surface area contributed by atoms with Crippen molar-refractivity contribution in [2.45, 2.75) is 88.5 Å². The van der Waals surface area contributed by atoms with E-state index in [1.807, 2.05) is 0 Å². The second-order valence-electron chi connectivity index (χ2n) is 9.93. The number of hydrogen-bond donors (Lipinski definition) is 1. The van der Waals surface area contributed by atoms with E-state index >= 15 is 0 Å². The molecule has 5 aliphatic rings. The molecule has 0 radical (unpaired) electrons. The zero-order valence-corrected chi connectivity index (χ0v) is 15.5. The minimum atomic E-state index is 0.0497. The Balaban J connectivity index is 1.46. The Bertz CT molecular complexity index is 652. The molecule has 3 fully saturated rings. The van der Waals surface area contributed by atoms with Gasteiger partial charge in [0.2, 0.25) is 5.91 Å². The molecule has 2 heteroatoms. The maximum atomic E-state index is 13.1. The molecule has 2 atom stereocenters. The van der Waals surface area contributed by atoms with E-state index < -0.39 is 0 Å². The van der Waals surface area contributed by atoms with E-state index in [1.54, 1.807) is 11.1 Å². The summed E-state index contributed by atoms with van der Waals surface area (Å²) < 4.78 is 0. The van der Waals surface area contributed by atoms with Crippen LogP contribution in [-0.2, 0) is 4.79 Å². The maximum Gasteiger partial charge on any atom is 0.223 e. The highest BCUT2D eigenvalue weighted by Crippen LogP contribution is 2.62. The molecule has 1 aromatic rings. The van der Waals surface area contributed by atoms with Gasteiger partial charge < -0.3 is 5.32 Å². The van der Waals surface area contributed by atoms with Crippen molar-refractivity contribution < 1.29 is 4.79 Å².